The Morgan fingerprint density at radius 3 is 2.46 bits per heavy atom. The van der Waals surface area contributed by atoms with Crippen molar-refractivity contribution in [3.63, 3.8) is 0 Å². The van der Waals surface area contributed by atoms with Crippen LogP contribution in [0, 0.1) is 27.3 Å². The lowest BCUT2D eigenvalue weighted by atomic mass is 9.88. The second-order valence-corrected chi connectivity index (χ2v) is 6.11. The molecule has 0 aliphatic rings. The number of hydrogen-bond donors (Lipinski definition) is 1. The molecule has 3 rings (SSSR count). The molecule has 0 saturated carbocycles. The second-order valence-electron chi connectivity index (χ2n) is 6.11. The third-order valence-corrected chi connectivity index (χ3v) is 4.29. The molecule has 28 heavy (non-hydrogen) atoms. The van der Waals surface area contributed by atoms with E-state index in [9.17, 15) is 24.6 Å². The maximum Gasteiger partial charge on any atom is 0.270 e. The van der Waals surface area contributed by atoms with Crippen molar-refractivity contribution in [2.45, 2.75) is 6.42 Å². The molecule has 0 bridgehead atoms. The van der Waals surface area contributed by atoms with Crippen molar-refractivity contribution in [2.75, 3.05) is 0 Å². The van der Waals surface area contributed by atoms with Gasteiger partial charge in [0.15, 0.2) is 0 Å². The zero-order valence-corrected chi connectivity index (χ0v) is 14.6. The Bertz CT molecular complexity index is 1120. The van der Waals surface area contributed by atoms with Gasteiger partial charge in [-0.25, -0.2) is 4.39 Å². The largest absolute Gasteiger partial charge is 0.366 e. The number of hydrogen-bond acceptors (Lipinski definition) is 4. The molecule has 3 aromatic rings. The first-order valence-electron chi connectivity index (χ1n) is 8.25. The quantitative estimate of drug-likeness (QED) is 0.537. The molecule has 0 aliphatic heterocycles. The van der Waals surface area contributed by atoms with Crippen LogP contribution in [0.2, 0.25) is 0 Å². The topological polar surface area (TPSA) is 110 Å². The van der Waals surface area contributed by atoms with Crippen LogP contribution in [0.15, 0.2) is 60.7 Å². The Morgan fingerprint density at radius 2 is 1.86 bits per heavy atom. The van der Waals surface area contributed by atoms with E-state index in [0.29, 0.717) is 16.7 Å². The molecule has 3 aromatic carbocycles. The number of nitro benzene ring substituents is 1. The Kier molecular flexibility index (Phi) is 5.14. The number of rotatable bonds is 5. The average Bonchev–Trinajstić information content (AvgIpc) is 2.68. The van der Waals surface area contributed by atoms with Gasteiger partial charge in [0.05, 0.1) is 22.1 Å². The van der Waals surface area contributed by atoms with Crippen LogP contribution < -0.4 is 5.73 Å². The summed E-state index contributed by atoms with van der Waals surface area (Å²) in [7, 11) is 0. The molecule has 6 nitrogen and oxygen atoms in total. The molecule has 7 heteroatoms. The first kappa shape index (κ1) is 18.7. The van der Waals surface area contributed by atoms with Crippen LogP contribution in [0.1, 0.15) is 27.0 Å². The molecule has 0 unspecified atom stereocenters. The molecular formula is C21H14FN3O3. The van der Waals surface area contributed by atoms with Gasteiger partial charge in [0.25, 0.3) is 5.69 Å². The number of nitriles is 1. The minimum Gasteiger partial charge on any atom is -0.366 e. The smallest absolute Gasteiger partial charge is 0.270 e. The average molecular weight is 375 g/mol. The van der Waals surface area contributed by atoms with Gasteiger partial charge in [-0.05, 0) is 35.2 Å². The summed E-state index contributed by atoms with van der Waals surface area (Å²) in [5.74, 6) is -1.48. The van der Waals surface area contributed by atoms with E-state index in [1.165, 1.54) is 12.1 Å². The van der Waals surface area contributed by atoms with Gasteiger partial charge in [-0.1, -0.05) is 36.4 Å². The molecule has 0 atom stereocenters. The summed E-state index contributed by atoms with van der Waals surface area (Å²) in [6.07, 6.45) is 0.264. The van der Waals surface area contributed by atoms with Crippen molar-refractivity contribution < 1.29 is 14.1 Å². The number of halogens is 1. The van der Waals surface area contributed by atoms with Crippen LogP contribution in [-0.2, 0) is 6.42 Å². The Morgan fingerprint density at radius 1 is 1.14 bits per heavy atom. The van der Waals surface area contributed by atoms with Gasteiger partial charge < -0.3 is 5.73 Å². The van der Waals surface area contributed by atoms with Crippen LogP contribution in [0.4, 0.5) is 10.1 Å². The van der Waals surface area contributed by atoms with Crippen LogP contribution in [0.3, 0.4) is 0 Å². The van der Waals surface area contributed by atoms with Gasteiger partial charge in [0.1, 0.15) is 5.82 Å². The molecule has 0 spiro atoms. The van der Waals surface area contributed by atoms with Crippen molar-refractivity contribution in [3.8, 4) is 17.2 Å². The standard InChI is InChI=1S/C21H14FN3O3/c22-16-6-7-18(15(9-16)12-23)20-14(8-13-4-2-1-3-5-13)10-17(25(27)28)11-19(20)21(24)26/h1-7,9-11H,8H2,(H2,24,26). The molecule has 2 N–H and O–H groups in total. The summed E-state index contributed by atoms with van der Waals surface area (Å²) in [5.41, 5.74) is 6.98. The van der Waals surface area contributed by atoms with Crippen molar-refractivity contribution in [1.82, 2.24) is 0 Å². The number of nitrogens with zero attached hydrogens (tertiary/aromatic N) is 2. The highest BCUT2D eigenvalue weighted by atomic mass is 19.1. The molecule has 1 amide bonds. The molecule has 0 radical (unpaired) electrons. The van der Waals surface area contributed by atoms with E-state index in [1.54, 1.807) is 0 Å². The number of carbonyl (C=O) groups is 1. The maximum absolute atomic E-state index is 13.6. The lowest BCUT2D eigenvalue weighted by Crippen LogP contribution is -2.15. The molecule has 0 heterocycles. The summed E-state index contributed by atoms with van der Waals surface area (Å²) in [6, 6.07) is 17.1. The number of nitrogens with two attached hydrogens (primary N) is 1. The number of carbonyl (C=O) groups excluding carboxylic acids is 1. The number of amides is 1. The molecule has 0 saturated heterocycles. The molecular weight excluding hydrogens is 361 g/mol. The molecule has 0 fully saturated rings. The van der Waals surface area contributed by atoms with Gasteiger partial charge >= 0.3 is 0 Å². The first-order chi connectivity index (χ1) is 13.4. The minimum absolute atomic E-state index is 0.00525. The SMILES string of the molecule is N#Cc1cc(F)ccc1-c1c(Cc2ccccc2)cc([N+](=O)[O-])cc1C(N)=O. The number of primary amides is 1. The highest BCUT2D eigenvalue weighted by molar-refractivity contribution is 6.02. The summed E-state index contributed by atoms with van der Waals surface area (Å²) >= 11 is 0. The number of benzene rings is 3. The van der Waals surface area contributed by atoms with Crippen molar-refractivity contribution in [1.29, 1.82) is 5.26 Å². The normalized spacial score (nSPS) is 10.3. The second kappa shape index (κ2) is 7.68. The predicted octanol–water partition coefficient (Wildman–Crippen LogP) is 3.96. The fourth-order valence-corrected chi connectivity index (χ4v) is 3.09. The minimum atomic E-state index is -0.874. The van der Waals surface area contributed by atoms with E-state index in [-0.39, 0.29) is 23.2 Å². The summed E-state index contributed by atoms with van der Waals surface area (Å²) in [6.45, 7) is 0. The van der Waals surface area contributed by atoms with E-state index in [4.69, 9.17) is 5.73 Å². The van der Waals surface area contributed by atoms with Gasteiger partial charge in [-0.15, -0.1) is 0 Å². The van der Waals surface area contributed by atoms with Gasteiger partial charge in [-0.2, -0.15) is 5.26 Å². The van der Waals surface area contributed by atoms with Gasteiger partial charge in [0.2, 0.25) is 5.91 Å². The van der Waals surface area contributed by atoms with Crippen LogP contribution in [0.5, 0.6) is 0 Å². The van der Waals surface area contributed by atoms with Crippen molar-refractivity contribution in [2.24, 2.45) is 5.73 Å². The summed E-state index contributed by atoms with van der Waals surface area (Å²) in [4.78, 5) is 22.8. The molecule has 0 aliphatic carbocycles. The van der Waals surface area contributed by atoms with Crippen LogP contribution in [0.25, 0.3) is 11.1 Å². The third-order valence-electron chi connectivity index (χ3n) is 4.29. The fraction of sp³-hybridized carbons (Fsp3) is 0.0476. The van der Waals surface area contributed by atoms with Crippen LogP contribution >= 0.6 is 0 Å². The zero-order chi connectivity index (χ0) is 20.3. The highest BCUT2D eigenvalue weighted by Gasteiger charge is 2.23. The van der Waals surface area contributed by atoms with E-state index in [2.05, 4.69) is 0 Å². The predicted molar refractivity (Wildman–Crippen MR) is 101 cm³/mol. The van der Waals surface area contributed by atoms with Gasteiger partial charge in [0, 0.05) is 17.7 Å². The van der Waals surface area contributed by atoms with E-state index in [0.717, 1.165) is 23.8 Å². The fourth-order valence-electron chi connectivity index (χ4n) is 3.09. The van der Waals surface area contributed by atoms with Crippen molar-refractivity contribution in [3.05, 3.63) is 98.8 Å². The molecule has 0 aromatic heterocycles. The number of non-ortho nitro benzene ring substituents is 1. The first-order valence-corrected chi connectivity index (χ1v) is 8.25. The van der Waals surface area contributed by atoms with Crippen LogP contribution in [-0.4, -0.2) is 10.8 Å². The third kappa shape index (κ3) is 3.71. The highest BCUT2D eigenvalue weighted by Crippen LogP contribution is 2.35. The Balaban J connectivity index is 2.34. The van der Waals surface area contributed by atoms with E-state index in [1.807, 2.05) is 36.4 Å². The van der Waals surface area contributed by atoms with E-state index >= 15 is 0 Å². The summed E-state index contributed by atoms with van der Waals surface area (Å²) < 4.78 is 13.6. The zero-order valence-electron chi connectivity index (χ0n) is 14.6. The monoisotopic (exact) mass is 375 g/mol. The van der Waals surface area contributed by atoms with Crippen molar-refractivity contribution >= 4 is 11.6 Å². The number of nitro groups is 1. The lowest BCUT2D eigenvalue weighted by Gasteiger charge is -2.15. The molecule has 138 valence electrons. The Labute approximate surface area is 159 Å². The maximum atomic E-state index is 13.6. The Hall–Kier alpha value is -4.05. The van der Waals surface area contributed by atoms with E-state index < -0.39 is 16.6 Å². The summed E-state index contributed by atoms with van der Waals surface area (Å²) in [5, 5.41) is 20.8. The lowest BCUT2D eigenvalue weighted by molar-refractivity contribution is -0.384. The van der Waals surface area contributed by atoms with Gasteiger partial charge in [-0.3, -0.25) is 14.9 Å².